The SMILES string of the molecule is Cl.Cn1cc(NC(=O)c2coc(-c3ccnc(NCC(F)(F)F)c3)n2)c(C(N)=O)n1. The zero-order valence-corrected chi connectivity index (χ0v) is 16.0. The number of aromatic nitrogens is 4. The van der Waals surface area contributed by atoms with Gasteiger partial charge in [0.05, 0.1) is 5.69 Å². The largest absolute Gasteiger partial charge is 0.444 e. The van der Waals surface area contributed by atoms with E-state index in [2.05, 4.69) is 25.7 Å². The van der Waals surface area contributed by atoms with Gasteiger partial charge in [0, 0.05) is 25.0 Å². The number of amides is 2. The lowest BCUT2D eigenvalue weighted by Gasteiger charge is -2.08. The molecule has 0 spiro atoms. The fourth-order valence-electron chi connectivity index (χ4n) is 2.31. The summed E-state index contributed by atoms with van der Waals surface area (Å²) < 4.78 is 43.5. The number of oxazole rings is 1. The summed E-state index contributed by atoms with van der Waals surface area (Å²) in [5.74, 6) is -1.56. The second-order valence-electron chi connectivity index (χ2n) is 5.82. The highest BCUT2D eigenvalue weighted by Crippen LogP contribution is 2.23. The number of primary amides is 1. The monoisotopic (exact) mass is 445 g/mol. The van der Waals surface area contributed by atoms with Crippen LogP contribution in [0.15, 0.2) is 35.2 Å². The van der Waals surface area contributed by atoms with E-state index in [1.807, 2.05) is 0 Å². The van der Waals surface area contributed by atoms with Crippen molar-refractivity contribution in [1.29, 1.82) is 0 Å². The highest BCUT2D eigenvalue weighted by Gasteiger charge is 2.27. The van der Waals surface area contributed by atoms with Crippen LogP contribution in [-0.2, 0) is 7.05 Å². The van der Waals surface area contributed by atoms with Crippen LogP contribution in [0.25, 0.3) is 11.5 Å². The maximum Gasteiger partial charge on any atom is 0.405 e. The summed E-state index contributed by atoms with van der Waals surface area (Å²) in [5, 5.41) is 8.43. The number of nitrogens with zero attached hydrogens (tertiary/aromatic N) is 4. The van der Waals surface area contributed by atoms with Crippen LogP contribution in [0.5, 0.6) is 0 Å². The molecule has 14 heteroatoms. The Morgan fingerprint density at radius 2 is 2.07 bits per heavy atom. The number of aryl methyl sites for hydroxylation is 1. The van der Waals surface area contributed by atoms with Crippen LogP contribution < -0.4 is 16.4 Å². The highest BCUT2D eigenvalue weighted by molar-refractivity contribution is 6.07. The van der Waals surface area contributed by atoms with Gasteiger partial charge in [0.15, 0.2) is 11.4 Å². The number of nitrogens with one attached hydrogen (secondary N) is 2. The molecule has 3 rings (SSSR count). The first-order chi connectivity index (χ1) is 13.6. The molecule has 0 saturated carbocycles. The van der Waals surface area contributed by atoms with Crippen molar-refractivity contribution < 1.29 is 27.2 Å². The number of rotatable bonds is 6. The molecule has 0 aliphatic carbocycles. The molecule has 0 aliphatic rings. The Balaban J connectivity index is 0.00000320. The van der Waals surface area contributed by atoms with Crippen LogP contribution in [0, 0.1) is 0 Å². The highest BCUT2D eigenvalue weighted by atomic mass is 35.5. The Kier molecular flexibility index (Phi) is 6.66. The molecule has 2 amide bonds. The Hall–Kier alpha value is -3.61. The van der Waals surface area contributed by atoms with Gasteiger partial charge in [-0.2, -0.15) is 18.3 Å². The lowest BCUT2D eigenvalue weighted by Crippen LogP contribution is -2.21. The van der Waals surface area contributed by atoms with E-state index in [0.717, 1.165) is 6.26 Å². The topological polar surface area (TPSA) is 141 Å². The number of pyridine rings is 1. The van der Waals surface area contributed by atoms with Gasteiger partial charge in [-0.1, -0.05) is 0 Å². The molecule has 0 fully saturated rings. The lowest BCUT2D eigenvalue weighted by atomic mass is 10.2. The summed E-state index contributed by atoms with van der Waals surface area (Å²) in [4.78, 5) is 31.5. The first-order valence-corrected chi connectivity index (χ1v) is 8.00. The Morgan fingerprint density at radius 3 is 2.73 bits per heavy atom. The average Bonchev–Trinajstić information content (AvgIpc) is 3.27. The Labute approximate surface area is 173 Å². The molecule has 0 aliphatic heterocycles. The molecule has 0 atom stereocenters. The van der Waals surface area contributed by atoms with Gasteiger partial charge >= 0.3 is 6.18 Å². The zero-order chi connectivity index (χ0) is 21.2. The van der Waals surface area contributed by atoms with Gasteiger partial charge < -0.3 is 20.8 Å². The predicted molar refractivity (Wildman–Crippen MR) is 101 cm³/mol. The second kappa shape index (κ2) is 8.82. The number of hydrogen-bond donors (Lipinski definition) is 3. The standard InChI is InChI=1S/C16H14F3N7O3.ClH/c1-26-5-9(12(25-26)13(20)27)23-14(28)10-6-29-15(24-10)8-2-3-21-11(4-8)22-7-16(17,18)19;/h2-6H,7H2,1H3,(H2,20,27)(H,21,22)(H,23,28);1H. The Morgan fingerprint density at radius 1 is 1.33 bits per heavy atom. The van der Waals surface area contributed by atoms with E-state index in [4.69, 9.17) is 10.2 Å². The third kappa shape index (κ3) is 5.47. The molecule has 3 aromatic heterocycles. The van der Waals surface area contributed by atoms with Crippen LogP contribution in [0.2, 0.25) is 0 Å². The van der Waals surface area contributed by atoms with Crippen molar-refractivity contribution >= 4 is 35.7 Å². The molecular formula is C16H15ClF3N7O3. The minimum Gasteiger partial charge on any atom is -0.444 e. The van der Waals surface area contributed by atoms with E-state index in [1.165, 1.54) is 29.2 Å². The minimum absolute atomic E-state index is 0. The maximum atomic E-state index is 12.4. The minimum atomic E-state index is -4.40. The second-order valence-corrected chi connectivity index (χ2v) is 5.82. The molecule has 0 aromatic carbocycles. The average molecular weight is 446 g/mol. The van der Waals surface area contributed by atoms with Crippen LogP contribution in [0.4, 0.5) is 24.7 Å². The van der Waals surface area contributed by atoms with Crippen molar-refractivity contribution in [3.63, 3.8) is 0 Å². The molecule has 3 heterocycles. The van der Waals surface area contributed by atoms with Crippen LogP contribution in [-0.4, -0.2) is 44.3 Å². The molecule has 0 bridgehead atoms. The summed E-state index contributed by atoms with van der Waals surface area (Å²) in [5.41, 5.74) is 5.36. The third-order valence-electron chi connectivity index (χ3n) is 3.52. The van der Waals surface area contributed by atoms with Crippen molar-refractivity contribution in [3.8, 4) is 11.5 Å². The van der Waals surface area contributed by atoms with Gasteiger partial charge in [-0.05, 0) is 12.1 Å². The first kappa shape index (κ1) is 22.7. The lowest BCUT2D eigenvalue weighted by molar-refractivity contribution is -0.115. The van der Waals surface area contributed by atoms with Crippen molar-refractivity contribution in [2.75, 3.05) is 17.2 Å². The third-order valence-corrected chi connectivity index (χ3v) is 3.52. The van der Waals surface area contributed by atoms with Crippen LogP contribution >= 0.6 is 12.4 Å². The number of halogens is 4. The summed E-state index contributed by atoms with van der Waals surface area (Å²) in [6.45, 7) is -1.25. The predicted octanol–water partition coefficient (Wildman–Crippen LogP) is 2.22. The fraction of sp³-hybridized carbons (Fsp3) is 0.188. The molecule has 160 valence electrons. The molecule has 0 saturated heterocycles. The van der Waals surface area contributed by atoms with Crippen molar-refractivity contribution in [2.24, 2.45) is 12.8 Å². The van der Waals surface area contributed by atoms with Gasteiger partial charge in [-0.25, -0.2) is 9.97 Å². The van der Waals surface area contributed by atoms with Crippen LogP contribution in [0.3, 0.4) is 0 Å². The molecule has 4 N–H and O–H groups in total. The molecule has 0 unspecified atom stereocenters. The van der Waals surface area contributed by atoms with Gasteiger partial charge in [-0.3, -0.25) is 14.3 Å². The number of carbonyl (C=O) groups excluding carboxylic acids is 2. The molecule has 30 heavy (non-hydrogen) atoms. The van der Waals surface area contributed by atoms with Gasteiger partial charge in [0.25, 0.3) is 11.8 Å². The van der Waals surface area contributed by atoms with Crippen molar-refractivity contribution in [2.45, 2.75) is 6.18 Å². The quantitative estimate of drug-likeness (QED) is 0.528. The molecule has 3 aromatic rings. The number of anilines is 2. The summed E-state index contributed by atoms with van der Waals surface area (Å²) in [7, 11) is 1.55. The first-order valence-electron chi connectivity index (χ1n) is 8.00. The van der Waals surface area contributed by atoms with E-state index in [0.29, 0.717) is 5.56 Å². The molecule has 0 radical (unpaired) electrons. The summed E-state index contributed by atoms with van der Waals surface area (Å²) in [6, 6.07) is 2.75. The van der Waals surface area contributed by atoms with E-state index >= 15 is 0 Å². The smallest absolute Gasteiger partial charge is 0.405 e. The van der Waals surface area contributed by atoms with E-state index in [9.17, 15) is 22.8 Å². The van der Waals surface area contributed by atoms with Crippen molar-refractivity contribution in [1.82, 2.24) is 19.7 Å². The summed E-state index contributed by atoms with van der Waals surface area (Å²) in [6.07, 6.45) is -0.677. The Bertz CT molecular complexity index is 1060. The number of alkyl halides is 3. The van der Waals surface area contributed by atoms with Gasteiger partial charge in [-0.15, -0.1) is 12.4 Å². The zero-order valence-electron chi connectivity index (χ0n) is 15.2. The fourth-order valence-corrected chi connectivity index (χ4v) is 2.31. The van der Waals surface area contributed by atoms with Gasteiger partial charge in [0.2, 0.25) is 5.89 Å². The maximum absolute atomic E-state index is 12.4. The van der Waals surface area contributed by atoms with E-state index in [-0.39, 0.29) is 41.2 Å². The molecule has 10 nitrogen and oxygen atoms in total. The summed E-state index contributed by atoms with van der Waals surface area (Å²) >= 11 is 0. The number of carbonyl (C=O) groups is 2. The van der Waals surface area contributed by atoms with E-state index < -0.39 is 24.5 Å². The molecular weight excluding hydrogens is 431 g/mol. The van der Waals surface area contributed by atoms with Crippen LogP contribution in [0.1, 0.15) is 21.0 Å². The van der Waals surface area contributed by atoms with E-state index in [1.54, 1.807) is 7.05 Å². The van der Waals surface area contributed by atoms with Crippen molar-refractivity contribution in [3.05, 3.63) is 42.2 Å². The van der Waals surface area contributed by atoms with Gasteiger partial charge in [0.1, 0.15) is 18.6 Å². The normalized spacial score (nSPS) is 10.9. The number of hydrogen-bond acceptors (Lipinski definition) is 7. The number of nitrogens with two attached hydrogens (primary N) is 1.